The molecule has 30 heavy (non-hydrogen) atoms. The van der Waals surface area contributed by atoms with E-state index in [0.717, 1.165) is 49.6 Å². The zero-order valence-electron chi connectivity index (χ0n) is 18.1. The Morgan fingerprint density at radius 1 is 1.27 bits per heavy atom. The normalized spacial score (nSPS) is 20.0. The van der Waals surface area contributed by atoms with Crippen LogP contribution >= 0.6 is 35.3 Å². The molecule has 0 aromatic carbocycles. The molecule has 4 heterocycles. The van der Waals surface area contributed by atoms with Crippen molar-refractivity contribution in [1.82, 2.24) is 29.9 Å². The third-order valence-corrected chi connectivity index (χ3v) is 7.02. The van der Waals surface area contributed by atoms with E-state index in [0.29, 0.717) is 6.54 Å². The van der Waals surface area contributed by atoms with E-state index < -0.39 is 0 Å². The number of nitrogens with one attached hydrogen (secondary N) is 1. The number of aliphatic imine (C=N–C) groups is 1. The number of aryl methyl sites for hydroxylation is 1. The highest BCUT2D eigenvalue weighted by atomic mass is 127. The summed E-state index contributed by atoms with van der Waals surface area (Å²) in [5, 5.41) is 14.2. The highest BCUT2D eigenvalue weighted by Crippen LogP contribution is 2.20. The Morgan fingerprint density at radius 3 is 2.80 bits per heavy atom. The van der Waals surface area contributed by atoms with Gasteiger partial charge in [-0.3, -0.25) is 0 Å². The van der Waals surface area contributed by atoms with Crippen LogP contribution in [0.25, 0.3) is 0 Å². The van der Waals surface area contributed by atoms with E-state index in [1.165, 1.54) is 43.8 Å². The molecule has 1 atom stereocenters. The lowest BCUT2D eigenvalue weighted by atomic mass is 10.1. The van der Waals surface area contributed by atoms with Gasteiger partial charge >= 0.3 is 0 Å². The molecule has 2 aliphatic rings. The number of likely N-dealkylation sites (tertiary alicyclic amines) is 2. The van der Waals surface area contributed by atoms with Crippen molar-refractivity contribution in [2.75, 3.05) is 39.3 Å². The molecule has 0 amide bonds. The van der Waals surface area contributed by atoms with Crippen molar-refractivity contribution in [3.8, 4) is 0 Å². The minimum absolute atomic E-state index is 0. The molecule has 2 aromatic heterocycles. The predicted molar refractivity (Wildman–Crippen MR) is 134 cm³/mol. The number of nitrogens with zero attached hydrogens (tertiary/aromatic N) is 6. The average molecular weight is 544 g/mol. The summed E-state index contributed by atoms with van der Waals surface area (Å²) < 4.78 is 2.02. The van der Waals surface area contributed by atoms with Crippen molar-refractivity contribution in [3.05, 3.63) is 34.0 Å². The van der Waals surface area contributed by atoms with Gasteiger partial charge in [0, 0.05) is 38.1 Å². The second-order valence-electron chi connectivity index (χ2n) is 8.23. The van der Waals surface area contributed by atoms with Crippen LogP contribution < -0.4 is 5.32 Å². The zero-order chi connectivity index (χ0) is 20.1. The third-order valence-electron chi connectivity index (χ3n) is 6.09. The van der Waals surface area contributed by atoms with Crippen LogP contribution in [-0.4, -0.2) is 69.8 Å². The largest absolute Gasteiger partial charge is 0.356 e. The molecule has 2 aromatic rings. The Bertz CT molecular complexity index is 798. The maximum atomic E-state index is 4.93. The number of aromatic nitrogens is 3. The fourth-order valence-corrected chi connectivity index (χ4v) is 4.97. The fourth-order valence-electron chi connectivity index (χ4n) is 4.26. The van der Waals surface area contributed by atoms with Crippen LogP contribution in [0.2, 0.25) is 0 Å². The van der Waals surface area contributed by atoms with Gasteiger partial charge in [-0.2, -0.15) is 0 Å². The smallest absolute Gasteiger partial charge is 0.194 e. The highest BCUT2D eigenvalue weighted by Gasteiger charge is 2.27. The van der Waals surface area contributed by atoms with E-state index in [1.54, 1.807) is 0 Å². The van der Waals surface area contributed by atoms with E-state index in [9.17, 15) is 0 Å². The number of hydrogen-bond donors (Lipinski definition) is 1. The van der Waals surface area contributed by atoms with Gasteiger partial charge in [-0.1, -0.05) is 6.07 Å². The lowest BCUT2D eigenvalue weighted by Crippen LogP contribution is -2.41. The van der Waals surface area contributed by atoms with Crippen LogP contribution in [0, 0.1) is 12.8 Å². The molecular formula is C21H34IN7S. The molecule has 2 saturated heterocycles. The Hall–Kier alpha value is -1.20. The molecule has 166 valence electrons. The molecule has 0 spiro atoms. The van der Waals surface area contributed by atoms with E-state index in [2.05, 4.69) is 42.8 Å². The second kappa shape index (κ2) is 11.4. The van der Waals surface area contributed by atoms with Crippen molar-refractivity contribution in [2.45, 2.75) is 39.2 Å². The molecule has 4 rings (SSSR count). The van der Waals surface area contributed by atoms with Crippen LogP contribution in [0.5, 0.6) is 0 Å². The summed E-state index contributed by atoms with van der Waals surface area (Å²) >= 11 is 1.82. The minimum Gasteiger partial charge on any atom is -0.356 e. The number of halogens is 1. The van der Waals surface area contributed by atoms with Crippen molar-refractivity contribution < 1.29 is 0 Å². The molecule has 0 saturated carbocycles. The molecule has 9 heteroatoms. The van der Waals surface area contributed by atoms with Crippen LogP contribution in [0.4, 0.5) is 0 Å². The molecule has 0 aliphatic carbocycles. The average Bonchev–Trinajstić information content (AvgIpc) is 3.51. The van der Waals surface area contributed by atoms with Gasteiger partial charge in [0.2, 0.25) is 0 Å². The molecule has 0 radical (unpaired) electrons. The van der Waals surface area contributed by atoms with Crippen LogP contribution in [0.15, 0.2) is 22.5 Å². The van der Waals surface area contributed by atoms with Crippen molar-refractivity contribution in [1.29, 1.82) is 0 Å². The molecular weight excluding hydrogens is 509 g/mol. The van der Waals surface area contributed by atoms with Crippen molar-refractivity contribution >= 4 is 41.3 Å². The molecule has 1 unspecified atom stereocenters. The predicted octanol–water partition coefficient (Wildman–Crippen LogP) is 2.91. The zero-order valence-corrected chi connectivity index (χ0v) is 21.2. The number of thiophene rings is 1. The van der Waals surface area contributed by atoms with Gasteiger partial charge in [0.1, 0.15) is 12.4 Å². The Balaban J connectivity index is 0.00000256. The minimum atomic E-state index is 0. The highest BCUT2D eigenvalue weighted by molar-refractivity contribution is 14.0. The second-order valence-corrected chi connectivity index (χ2v) is 9.26. The van der Waals surface area contributed by atoms with E-state index in [-0.39, 0.29) is 24.0 Å². The first-order valence-corrected chi connectivity index (χ1v) is 11.7. The first-order chi connectivity index (χ1) is 14.2. The molecule has 2 aliphatic heterocycles. The first-order valence-electron chi connectivity index (χ1n) is 10.8. The number of guanidine groups is 1. The van der Waals surface area contributed by atoms with Gasteiger partial charge in [-0.25, -0.2) is 4.99 Å². The lowest BCUT2D eigenvalue weighted by molar-refractivity contribution is 0.281. The summed E-state index contributed by atoms with van der Waals surface area (Å²) in [4.78, 5) is 11.4. The fraction of sp³-hybridized carbons (Fsp3) is 0.667. The quantitative estimate of drug-likeness (QED) is 0.331. The van der Waals surface area contributed by atoms with Gasteiger partial charge in [-0.15, -0.1) is 45.5 Å². The van der Waals surface area contributed by atoms with Crippen molar-refractivity contribution in [2.24, 2.45) is 18.0 Å². The SMILES string of the molecule is Cc1nnc(CN=C(NCCc2cccs2)N2CCC(CN3CCCC3)C2)n1C.I. The monoisotopic (exact) mass is 543 g/mol. The topological polar surface area (TPSA) is 61.6 Å². The Kier molecular flexibility index (Phi) is 8.94. The lowest BCUT2D eigenvalue weighted by Gasteiger charge is -2.23. The van der Waals surface area contributed by atoms with E-state index >= 15 is 0 Å². The summed E-state index contributed by atoms with van der Waals surface area (Å²) in [6.45, 7) is 9.42. The Labute approximate surface area is 201 Å². The molecule has 2 fully saturated rings. The van der Waals surface area contributed by atoms with Crippen LogP contribution in [0.3, 0.4) is 0 Å². The van der Waals surface area contributed by atoms with Gasteiger partial charge in [-0.05, 0) is 63.1 Å². The number of hydrogen-bond acceptors (Lipinski definition) is 5. The maximum Gasteiger partial charge on any atom is 0.194 e. The number of rotatable bonds is 7. The molecule has 1 N–H and O–H groups in total. The van der Waals surface area contributed by atoms with Gasteiger partial charge in [0.05, 0.1) is 0 Å². The standard InChI is InChI=1S/C21H33N7S.HI/c1-17-24-25-20(26(17)2)14-23-21(22-9-7-19-6-5-13-29-19)28-12-8-18(16-28)15-27-10-3-4-11-27;/h5-6,13,18H,3-4,7-12,14-16H2,1-2H3,(H,22,23);1H. The van der Waals surface area contributed by atoms with Gasteiger partial charge < -0.3 is 19.7 Å². The van der Waals surface area contributed by atoms with Crippen LogP contribution in [0.1, 0.15) is 35.8 Å². The van der Waals surface area contributed by atoms with Gasteiger partial charge in [0.25, 0.3) is 0 Å². The summed E-state index contributed by atoms with van der Waals surface area (Å²) in [5.74, 6) is 3.60. The van der Waals surface area contributed by atoms with Crippen molar-refractivity contribution in [3.63, 3.8) is 0 Å². The maximum absolute atomic E-state index is 4.93. The summed E-state index contributed by atoms with van der Waals surface area (Å²) in [5.41, 5.74) is 0. The van der Waals surface area contributed by atoms with E-state index in [1.807, 2.05) is 29.9 Å². The van der Waals surface area contributed by atoms with E-state index in [4.69, 9.17) is 4.99 Å². The molecule has 7 nitrogen and oxygen atoms in total. The molecule has 0 bridgehead atoms. The summed E-state index contributed by atoms with van der Waals surface area (Å²) in [7, 11) is 2.01. The van der Waals surface area contributed by atoms with Crippen LogP contribution in [-0.2, 0) is 20.0 Å². The summed E-state index contributed by atoms with van der Waals surface area (Å²) in [6, 6.07) is 4.32. The Morgan fingerprint density at radius 2 is 2.10 bits per heavy atom. The third kappa shape index (κ3) is 6.16. The first kappa shape index (κ1) is 23.5. The van der Waals surface area contributed by atoms with Gasteiger partial charge in [0.15, 0.2) is 11.8 Å². The summed E-state index contributed by atoms with van der Waals surface area (Å²) in [6.07, 6.45) is 5.02.